The maximum Gasteiger partial charge on any atom is 0.266 e. The maximum absolute atomic E-state index is 13.1. The number of aromatic nitrogens is 1. The summed E-state index contributed by atoms with van der Waals surface area (Å²) in [4.78, 5) is 21.2. The Labute approximate surface area is 186 Å². The number of anilines is 1. The second-order valence-corrected chi connectivity index (χ2v) is 9.29. The fourth-order valence-electron chi connectivity index (χ4n) is 4.46. The van der Waals surface area contributed by atoms with E-state index in [0.29, 0.717) is 23.0 Å². The van der Waals surface area contributed by atoms with Gasteiger partial charge in [-0.05, 0) is 47.9 Å². The van der Waals surface area contributed by atoms with E-state index >= 15 is 0 Å². The number of hydrogen-bond acceptors (Lipinski definition) is 4. The van der Waals surface area contributed by atoms with Crippen molar-refractivity contribution in [2.75, 3.05) is 12.8 Å². The SMILES string of the molecule is CN(Cc1ccccc1)C(=O)c1sc2nc3c(cc2c1N)CC(c1ccccc1)CC3. The first-order valence-electron chi connectivity index (χ1n) is 10.6. The zero-order chi connectivity index (χ0) is 21.4. The lowest BCUT2D eigenvalue weighted by atomic mass is 9.82. The summed E-state index contributed by atoms with van der Waals surface area (Å²) in [5, 5.41) is 0.911. The monoisotopic (exact) mass is 427 g/mol. The van der Waals surface area contributed by atoms with Crippen LogP contribution in [0.25, 0.3) is 10.2 Å². The van der Waals surface area contributed by atoms with Crippen LogP contribution < -0.4 is 5.73 Å². The molecule has 2 N–H and O–H groups in total. The van der Waals surface area contributed by atoms with E-state index in [9.17, 15) is 4.79 Å². The summed E-state index contributed by atoms with van der Waals surface area (Å²) in [5.74, 6) is 0.454. The van der Waals surface area contributed by atoms with Crippen molar-refractivity contribution in [2.45, 2.75) is 31.7 Å². The van der Waals surface area contributed by atoms with Crippen molar-refractivity contribution in [2.24, 2.45) is 0 Å². The Kier molecular flexibility index (Phi) is 5.20. The average Bonchev–Trinajstić information content (AvgIpc) is 3.13. The van der Waals surface area contributed by atoms with Gasteiger partial charge in [0.15, 0.2) is 0 Å². The lowest BCUT2D eigenvalue weighted by Gasteiger charge is -2.24. The number of thiophene rings is 1. The molecule has 2 aromatic heterocycles. The number of nitrogens with zero attached hydrogens (tertiary/aromatic N) is 2. The van der Waals surface area contributed by atoms with Crippen LogP contribution in [-0.2, 0) is 19.4 Å². The fourth-order valence-corrected chi connectivity index (χ4v) is 5.55. The van der Waals surface area contributed by atoms with Crippen LogP contribution in [0.4, 0.5) is 5.69 Å². The van der Waals surface area contributed by atoms with Crippen molar-refractivity contribution < 1.29 is 4.79 Å². The van der Waals surface area contributed by atoms with Gasteiger partial charge in [0.05, 0.1) is 5.69 Å². The Hall–Kier alpha value is -3.18. The average molecular weight is 428 g/mol. The Morgan fingerprint density at radius 1 is 1.13 bits per heavy atom. The predicted octanol–water partition coefficient (Wildman–Crippen LogP) is 5.42. The Morgan fingerprint density at radius 3 is 2.58 bits per heavy atom. The molecular formula is C26H25N3OS. The van der Waals surface area contributed by atoms with E-state index in [4.69, 9.17) is 10.7 Å². The zero-order valence-electron chi connectivity index (χ0n) is 17.5. The number of rotatable bonds is 4. The van der Waals surface area contributed by atoms with Crippen LogP contribution >= 0.6 is 11.3 Å². The van der Waals surface area contributed by atoms with Crippen molar-refractivity contribution in [3.8, 4) is 0 Å². The third-order valence-electron chi connectivity index (χ3n) is 6.16. The molecule has 0 bridgehead atoms. The molecule has 0 radical (unpaired) electrons. The summed E-state index contributed by atoms with van der Waals surface area (Å²) in [7, 11) is 1.82. The van der Waals surface area contributed by atoms with Gasteiger partial charge in [-0.15, -0.1) is 11.3 Å². The van der Waals surface area contributed by atoms with Crippen LogP contribution in [0.2, 0.25) is 0 Å². The Bertz CT molecular complexity index is 1230. The third-order valence-corrected chi connectivity index (χ3v) is 7.26. The lowest BCUT2D eigenvalue weighted by Crippen LogP contribution is -2.26. The van der Waals surface area contributed by atoms with Crippen LogP contribution in [0.3, 0.4) is 0 Å². The van der Waals surface area contributed by atoms with Gasteiger partial charge in [-0.1, -0.05) is 60.7 Å². The molecule has 0 saturated heterocycles. The van der Waals surface area contributed by atoms with Gasteiger partial charge < -0.3 is 10.6 Å². The largest absolute Gasteiger partial charge is 0.397 e. The molecule has 156 valence electrons. The second kappa shape index (κ2) is 8.16. The van der Waals surface area contributed by atoms with Gasteiger partial charge in [-0.3, -0.25) is 4.79 Å². The minimum absolute atomic E-state index is 0.0514. The molecule has 2 aromatic carbocycles. The molecule has 1 unspecified atom stereocenters. The number of carbonyl (C=O) groups excluding carboxylic acids is 1. The topological polar surface area (TPSA) is 59.2 Å². The first-order chi connectivity index (χ1) is 15.1. The second-order valence-electron chi connectivity index (χ2n) is 8.29. The standard InChI is InChI=1S/C26H25N3OS/c1-29(16-17-8-4-2-5-9-17)26(30)24-23(27)21-15-20-14-19(18-10-6-3-7-11-18)12-13-22(20)28-25(21)31-24/h2-11,15,19H,12-14,16,27H2,1H3. The van der Waals surface area contributed by atoms with E-state index in [1.165, 1.54) is 22.5 Å². The normalized spacial score (nSPS) is 15.6. The third kappa shape index (κ3) is 3.81. The number of hydrogen-bond donors (Lipinski definition) is 1. The summed E-state index contributed by atoms with van der Waals surface area (Å²) in [6.07, 6.45) is 3.02. The Balaban J connectivity index is 1.43. The molecule has 2 heterocycles. The molecule has 4 nitrogen and oxygen atoms in total. The highest BCUT2D eigenvalue weighted by atomic mass is 32.1. The summed E-state index contributed by atoms with van der Waals surface area (Å²) in [6, 6.07) is 22.9. The van der Waals surface area contributed by atoms with Gasteiger partial charge >= 0.3 is 0 Å². The summed E-state index contributed by atoms with van der Waals surface area (Å²) in [6.45, 7) is 0.552. The van der Waals surface area contributed by atoms with Crippen molar-refractivity contribution >= 4 is 33.1 Å². The molecule has 1 amide bonds. The number of aryl methyl sites for hydroxylation is 1. The van der Waals surface area contributed by atoms with Crippen LogP contribution in [-0.4, -0.2) is 22.8 Å². The highest BCUT2D eigenvalue weighted by molar-refractivity contribution is 7.21. The van der Waals surface area contributed by atoms with Crippen LogP contribution in [0.1, 0.15) is 44.4 Å². The molecule has 5 rings (SSSR count). The molecule has 0 fully saturated rings. The Morgan fingerprint density at radius 2 is 1.84 bits per heavy atom. The van der Waals surface area contributed by atoms with E-state index in [-0.39, 0.29) is 5.91 Å². The van der Waals surface area contributed by atoms with E-state index in [1.54, 1.807) is 4.90 Å². The molecule has 1 aliphatic carbocycles. The van der Waals surface area contributed by atoms with Gasteiger partial charge in [-0.2, -0.15) is 0 Å². The van der Waals surface area contributed by atoms with Crippen molar-refractivity contribution in [3.05, 3.63) is 94.0 Å². The maximum atomic E-state index is 13.1. The predicted molar refractivity (Wildman–Crippen MR) is 127 cm³/mol. The number of nitrogen functional groups attached to an aromatic ring is 1. The lowest BCUT2D eigenvalue weighted by molar-refractivity contribution is 0.0791. The van der Waals surface area contributed by atoms with E-state index in [0.717, 1.165) is 40.7 Å². The van der Waals surface area contributed by atoms with Crippen molar-refractivity contribution in [3.63, 3.8) is 0 Å². The zero-order valence-corrected chi connectivity index (χ0v) is 18.4. The summed E-state index contributed by atoms with van der Waals surface area (Å²) >= 11 is 1.41. The number of carbonyl (C=O) groups is 1. The molecule has 31 heavy (non-hydrogen) atoms. The number of benzene rings is 2. The summed E-state index contributed by atoms with van der Waals surface area (Å²) in [5.41, 5.74) is 11.9. The molecular weight excluding hydrogens is 402 g/mol. The van der Waals surface area contributed by atoms with E-state index in [2.05, 4.69) is 36.4 Å². The van der Waals surface area contributed by atoms with E-state index < -0.39 is 0 Å². The summed E-state index contributed by atoms with van der Waals surface area (Å²) < 4.78 is 0. The smallest absolute Gasteiger partial charge is 0.266 e. The first kappa shape index (κ1) is 19.8. The number of fused-ring (bicyclic) bond motifs is 2. The molecule has 0 aliphatic heterocycles. The molecule has 4 aromatic rings. The highest BCUT2D eigenvalue weighted by Gasteiger charge is 2.25. The van der Waals surface area contributed by atoms with Gasteiger partial charge in [-0.25, -0.2) is 4.98 Å². The number of amides is 1. The first-order valence-corrected chi connectivity index (χ1v) is 11.5. The van der Waals surface area contributed by atoms with Gasteiger partial charge in [0.25, 0.3) is 5.91 Å². The quantitative estimate of drug-likeness (QED) is 0.473. The fraction of sp³-hybridized carbons (Fsp3) is 0.231. The highest BCUT2D eigenvalue weighted by Crippen LogP contribution is 2.38. The minimum Gasteiger partial charge on any atom is -0.397 e. The number of nitrogens with two attached hydrogens (primary N) is 1. The van der Waals surface area contributed by atoms with Crippen molar-refractivity contribution in [1.29, 1.82) is 0 Å². The molecule has 5 heteroatoms. The van der Waals surface area contributed by atoms with Gasteiger partial charge in [0.2, 0.25) is 0 Å². The van der Waals surface area contributed by atoms with Crippen LogP contribution in [0.15, 0.2) is 66.7 Å². The van der Waals surface area contributed by atoms with E-state index in [1.807, 2.05) is 37.4 Å². The molecule has 0 spiro atoms. The molecule has 1 atom stereocenters. The molecule has 0 saturated carbocycles. The van der Waals surface area contributed by atoms with Gasteiger partial charge in [0, 0.05) is 24.7 Å². The van der Waals surface area contributed by atoms with Crippen molar-refractivity contribution in [1.82, 2.24) is 9.88 Å². The minimum atomic E-state index is -0.0514. The van der Waals surface area contributed by atoms with Crippen LogP contribution in [0, 0.1) is 0 Å². The molecule has 1 aliphatic rings. The van der Waals surface area contributed by atoms with Crippen LogP contribution in [0.5, 0.6) is 0 Å². The van der Waals surface area contributed by atoms with Gasteiger partial charge in [0.1, 0.15) is 9.71 Å². The number of pyridine rings is 1.